The Morgan fingerprint density at radius 3 is 2.55 bits per heavy atom. The van der Waals surface area contributed by atoms with Gasteiger partial charge in [-0.1, -0.05) is 18.2 Å². The summed E-state index contributed by atoms with van der Waals surface area (Å²) in [5.41, 5.74) is 6.51. The fraction of sp³-hybridized carbons (Fsp3) is 0.308. The van der Waals surface area contributed by atoms with Gasteiger partial charge >= 0.3 is 5.69 Å². The van der Waals surface area contributed by atoms with Crippen LogP contribution in [0.2, 0.25) is 0 Å². The molecule has 0 saturated heterocycles. The average molecular weight is 275 g/mol. The number of hydrogen-bond acceptors (Lipinski definition) is 5. The van der Waals surface area contributed by atoms with Crippen LogP contribution in [0.15, 0.2) is 33.9 Å². The maximum atomic E-state index is 12.0. The molecule has 0 aliphatic heterocycles. The lowest BCUT2D eigenvalue weighted by Crippen LogP contribution is -2.39. The molecule has 1 aromatic heterocycles. The summed E-state index contributed by atoms with van der Waals surface area (Å²) in [5.74, 6) is 0.0858. The molecular formula is C13H17N5O2. The number of benzene rings is 1. The maximum Gasteiger partial charge on any atom is 0.346 e. The molecule has 3 N–H and O–H groups in total. The molecular weight excluding hydrogens is 258 g/mol. The molecule has 2 aromatic rings. The maximum absolute atomic E-state index is 12.0. The highest BCUT2D eigenvalue weighted by molar-refractivity contribution is 5.60. The van der Waals surface area contributed by atoms with E-state index in [-0.39, 0.29) is 11.9 Å². The van der Waals surface area contributed by atoms with E-state index in [4.69, 9.17) is 5.73 Å². The molecule has 1 unspecified atom stereocenters. The summed E-state index contributed by atoms with van der Waals surface area (Å²) < 4.78 is 2.11. The lowest BCUT2D eigenvalue weighted by Gasteiger charge is -2.14. The third-order valence-electron chi connectivity index (χ3n) is 3.03. The topological polar surface area (TPSA) is 94.9 Å². The van der Waals surface area contributed by atoms with Crippen molar-refractivity contribution in [3.63, 3.8) is 0 Å². The van der Waals surface area contributed by atoms with E-state index in [0.29, 0.717) is 5.69 Å². The minimum atomic E-state index is -0.479. The number of nitrogens with one attached hydrogen (secondary N) is 1. The predicted molar refractivity (Wildman–Crippen MR) is 77.0 cm³/mol. The molecule has 0 spiro atoms. The molecule has 0 bridgehead atoms. The van der Waals surface area contributed by atoms with Crippen molar-refractivity contribution in [2.24, 2.45) is 19.8 Å². The summed E-state index contributed by atoms with van der Waals surface area (Å²) >= 11 is 0. The number of nitrogens with two attached hydrogens (primary N) is 1. The van der Waals surface area contributed by atoms with Crippen molar-refractivity contribution in [2.75, 3.05) is 5.32 Å². The van der Waals surface area contributed by atoms with Crippen molar-refractivity contribution >= 4 is 11.5 Å². The van der Waals surface area contributed by atoms with E-state index in [9.17, 15) is 9.59 Å². The van der Waals surface area contributed by atoms with Gasteiger partial charge < -0.3 is 11.1 Å². The van der Waals surface area contributed by atoms with E-state index in [1.807, 2.05) is 31.2 Å². The highest BCUT2D eigenvalue weighted by atomic mass is 16.2. The minimum absolute atomic E-state index is 0.0858. The number of aromatic nitrogens is 3. The Balaban J connectivity index is 2.52. The zero-order valence-electron chi connectivity index (χ0n) is 11.6. The van der Waals surface area contributed by atoms with Gasteiger partial charge in [-0.25, -0.2) is 9.48 Å². The van der Waals surface area contributed by atoms with Crippen LogP contribution < -0.4 is 22.3 Å². The molecule has 0 saturated carbocycles. The van der Waals surface area contributed by atoms with Gasteiger partial charge in [-0.05, 0) is 18.6 Å². The fourth-order valence-corrected chi connectivity index (χ4v) is 1.91. The number of hydrogen-bond donors (Lipinski definition) is 2. The van der Waals surface area contributed by atoms with E-state index >= 15 is 0 Å². The van der Waals surface area contributed by atoms with E-state index in [2.05, 4.69) is 10.4 Å². The van der Waals surface area contributed by atoms with Crippen LogP contribution in [-0.4, -0.2) is 14.3 Å². The standard InChI is InChI=1S/C13H17N5O2/c1-8(14)9-6-4-5-7-10(9)15-11-12(19)17(2)13(20)18(3)16-11/h4-8H,14H2,1-3H3,(H,15,16). The molecule has 1 atom stereocenters. The van der Waals surface area contributed by atoms with E-state index in [1.165, 1.54) is 14.1 Å². The first-order valence-electron chi connectivity index (χ1n) is 6.17. The van der Waals surface area contributed by atoms with Crippen molar-refractivity contribution in [3.8, 4) is 0 Å². The van der Waals surface area contributed by atoms with Crippen LogP contribution in [0.4, 0.5) is 11.5 Å². The normalized spacial score (nSPS) is 12.2. The van der Waals surface area contributed by atoms with Crippen LogP contribution in [0, 0.1) is 0 Å². The highest BCUT2D eigenvalue weighted by Gasteiger charge is 2.12. The second-order valence-electron chi connectivity index (χ2n) is 4.62. The zero-order chi connectivity index (χ0) is 14.9. The molecule has 0 aliphatic rings. The Hall–Kier alpha value is -2.41. The van der Waals surface area contributed by atoms with Crippen LogP contribution in [-0.2, 0) is 14.1 Å². The van der Waals surface area contributed by atoms with E-state index in [1.54, 1.807) is 0 Å². The predicted octanol–water partition coefficient (Wildman–Crippen LogP) is 0.242. The minimum Gasteiger partial charge on any atom is -0.334 e. The molecule has 0 aliphatic carbocycles. The zero-order valence-corrected chi connectivity index (χ0v) is 11.6. The second-order valence-corrected chi connectivity index (χ2v) is 4.62. The summed E-state index contributed by atoms with van der Waals surface area (Å²) in [7, 11) is 2.90. The van der Waals surface area contributed by atoms with Crippen LogP contribution in [0.5, 0.6) is 0 Å². The fourth-order valence-electron chi connectivity index (χ4n) is 1.91. The number of rotatable bonds is 3. The van der Waals surface area contributed by atoms with Gasteiger partial charge in [0.05, 0.1) is 0 Å². The number of aryl methyl sites for hydroxylation is 1. The van der Waals surface area contributed by atoms with Gasteiger partial charge in [0.1, 0.15) is 0 Å². The summed E-state index contributed by atoms with van der Waals surface area (Å²) in [6.45, 7) is 1.85. The van der Waals surface area contributed by atoms with E-state index < -0.39 is 11.2 Å². The summed E-state index contributed by atoms with van der Waals surface area (Å²) in [6.07, 6.45) is 0. The van der Waals surface area contributed by atoms with Crippen molar-refractivity contribution in [3.05, 3.63) is 50.7 Å². The van der Waals surface area contributed by atoms with Gasteiger partial charge in [0.2, 0.25) is 5.82 Å². The molecule has 0 radical (unpaired) electrons. The molecule has 1 heterocycles. The summed E-state index contributed by atoms with van der Waals surface area (Å²) in [4.78, 5) is 23.6. The largest absolute Gasteiger partial charge is 0.346 e. The Kier molecular flexibility index (Phi) is 3.71. The van der Waals surface area contributed by atoms with Crippen LogP contribution >= 0.6 is 0 Å². The first kappa shape index (κ1) is 14.0. The molecule has 7 nitrogen and oxygen atoms in total. The Morgan fingerprint density at radius 1 is 1.25 bits per heavy atom. The SMILES string of the molecule is CC(N)c1ccccc1Nc1nn(C)c(=O)n(C)c1=O. The van der Waals surface area contributed by atoms with Gasteiger partial charge in [-0.15, -0.1) is 5.10 Å². The van der Waals surface area contributed by atoms with Crippen LogP contribution in [0.25, 0.3) is 0 Å². The van der Waals surface area contributed by atoms with E-state index in [0.717, 1.165) is 14.8 Å². The monoisotopic (exact) mass is 275 g/mol. The summed E-state index contributed by atoms with van der Waals surface area (Å²) in [5, 5.41) is 6.89. The van der Waals surface area contributed by atoms with Gasteiger partial charge in [0, 0.05) is 25.8 Å². The quantitative estimate of drug-likeness (QED) is 0.837. The van der Waals surface area contributed by atoms with Gasteiger partial charge in [0.15, 0.2) is 0 Å². The molecule has 7 heteroatoms. The molecule has 20 heavy (non-hydrogen) atoms. The van der Waals surface area contributed by atoms with Gasteiger partial charge in [-0.3, -0.25) is 9.36 Å². The number of nitrogens with zero attached hydrogens (tertiary/aromatic N) is 3. The number of anilines is 2. The molecule has 1 aromatic carbocycles. The smallest absolute Gasteiger partial charge is 0.334 e. The van der Waals surface area contributed by atoms with Gasteiger partial charge in [0.25, 0.3) is 5.56 Å². The number of para-hydroxylation sites is 1. The summed E-state index contributed by atoms with van der Waals surface area (Å²) in [6, 6.07) is 7.20. The van der Waals surface area contributed by atoms with Crippen LogP contribution in [0.3, 0.4) is 0 Å². The van der Waals surface area contributed by atoms with Crippen molar-refractivity contribution < 1.29 is 0 Å². The van der Waals surface area contributed by atoms with Crippen molar-refractivity contribution in [1.29, 1.82) is 0 Å². The lowest BCUT2D eigenvalue weighted by atomic mass is 10.1. The Labute approximate surface area is 115 Å². The third-order valence-corrected chi connectivity index (χ3v) is 3.03. The lowest BCUT2D eigenvalue weighted by molar-refractivity contribution is 0.606. The van der Waals surface area contributed by atoms with Crippen LogP contribution in [0.1, 0.15) is 18.5 Å². The molecule has 0 amide bonds. The van der Waals surface area contributed by atoms with Crippen molar-refractivity contribution in [2.45, 2.75) is 13.0 Å². The van der Waals surface area contributed by atoms with Gasteiger partial charge in [-0.2, -0.15) is 0 Å². The molecule has 0 fully saturated rings. The molecule has 106 valence electrons. The first-order valence-corrected chi connectivity index (χ1v) is 6.17. The Morgan fingerprint density at radius 2 is 1.90 bits per heavy atom. The Bertz CT molecular complexity index is 745. The molecule has 2 rings (SSSR count). The first-order chi connectivity index (χ1) is 9.41. The van der Waals surface area contributed by atoms with Crippen molar-refractivity contribution in [1.82, 2.24) is 14.3 Å². The highest BCUT2D eigenvalue weighted by Crippen LogP contribution is 2.22. The second kappa shape index (κ2) is 5.30. The third kappa shape index (κ3) is 2.48. The average Bonchev–Trinajstić information content (AvgIpc) is 2.43.